The van der Waals surface area contributed by atoms with Crippen LogP contribution in [0.1, 0.15) is 44.0 Å². The van der Waals surface area contributed by atoms with Crippen molar-refractivity contribution in [2.24, 2.45) is 0 Å². The molecule has 0 aromatic heterocycles. The lowest BCUT2D eigenvalue weighted by atomic mass is 10.1. The molecule has 1 amide bonds. The first-order chi connectivity index (χ1) is 10.5. The van der Waals surface area contributed by atoms with E-state index in [0.29, 0.717) is 37.3 Å². The maximum Gasteiger partial charge on any atom is 0.220 e. The van der Waals surface area contributed by atoms with Gasteiger partial charge in [0.25, 0.3) is 0 Å². The number of halogens is 1. The number of carbonyl (C=O) groups excluding carboxylic acids is 2. The largest absolute Gasteiger partial charge is 0.494 e. The Morgan fingerprint density at radius 3 is 2.70 bits per heavy atom. The third kappa shape index (κ3) is 9.21. The van der Waals surface area contributed by atoms with Crippen molar-refractivity contribution in [3.8, 4) is 5.75 Å². The van der Waals surface area contributed by atoms with Crippen LogP contribution >= 0.6 is 12.4 Å². The van der Waals surface area contributed by atoms with Gasteiger partial charge in [0.1, 0.15) is 5.75 Å². The second-order valence-corrected chi connectivity index (χ2v) is 5.30. The number of rotatable bonds is 10. The van der Waals surface area contributed by atoms with Crippen LogP contribution in [-0.4, -0.2) is 37.4 Å². The van der Waals surface area contributed by atoms with E-state index in [1.165, 1.54) is 6.92 Å². The van der Waals surface area contributed by atoms with Crippen LogP contribution in [0.5, 0.6) is 5.75 Å². The van der Waals surface area contributed by atoms with Gasteiger partial charge >= 0.3 is 0 Å². The van der Waals surface area contributed by atoms with E-state index in [-0.39, 0.29) is 30.1 Å². The average Bonchev–Trinajstić information content (AvgIpc) is 2.50. The molecule has 0 aliphatic rings. The van der Waals surface area contributed by atoms with Gasteiger partial charge in [-0.05, 0) is 38.9 Å². The fourth-order valence-corrected chi connectivity index (χ4v) is 2.00. The Morgan fingerprint density at radius 1 is 1.30 bits per heavy atom. The molecule has 1 aromatic rings. The Morgan fingerprint density at radius 2 is 2.04 bits per heavy atom. The molecular formula is C17H27ClN2O3. The average molecular weight is 343 g/mol. The lowest BCUT2D eigenvalue weighted by Gasteiger charge is -2.13. The van der Waals surface area contributed by atoms with Crippen LogP contribution in [0.4, 0.5) is 0 Å². The van der Waals surface area contributed by atoms with Crippen molar-refractivity contribution < 1.29 is 14.3 Å². The molecule has 0 aliphatic carbocycles. The number of Topliss-reactive ketones (excluding diaryl/α,β-unsaturated/α-hetero) is 1. The molecule has 6 heteroatoms. The Bertz CT molecular complexity index is 494. The number of likely N-dealkylation sites (N-methyl/N-ethyl adjacent to an activating group) is 1. The molecule has 0 saturated heterocycles. The summed E-state index contributed by atoms with van der Waals surface area (Å²) < 4.78 is 5.57. The van der Waals surface area contributed by atoms with Crippen molar-refractivity contribution in [3.05, 3.63) is 29.8 Å². The molecule has 0 spiro atoms. The normalized spacial score (nSPS) is 11.3. The monoisotopic (exact) mass is 342 g/mol. The summed E-state index contributed by atoms with van der Waals surface area (Å²) in [6.45, 7) is 7.58. The number of hydrogen-bond acceptors (Lipinski definition) is 4. The minimum atomic E-state index is 0. The molecule has 1 atom stereocenters. The highest BCUT2D eigenvalue weighted by atomic mass is 35.5. The molecule has 1 aromatic carbocycles. The fraction of sp³-hybridized carbons (Fsp3) is 0.529. The summed E-state index contributed by atoms with van der Waals surface area (Å²) in [6.07, 6.45) is 1.08. The molecule has 5 nitrogen and oxygen atoms in total. The number of hydrogen-bond donors (Lipinski definition) is 2. The first-order valence-electron chi connectivity index (χ1n) is 7.76. The van der Waals surface area contributed by atoms with Gasteiger partial charge in [0, 0.05) is 24.6 Å². The smallest absolute Gasteiger partial charge is 0.220 e. The number of benzene rings is 1. The number of nitrogens with one attached hydrogen (secondary N) is 2. The molecule has 130 valence electrons. The fourth-order valence-electron chi connectivity index (χ4n) is 2.00. The quantitative estimate of drug-likeness (QED) is 0.506. The Balaban J connectivity index is 0.00000484. The zero-order valence-electron chi connectivity index (χ0n) is 14.1. The molecule has 0 heterocycles. The first kappa shape index (κ1) is 21.4. The Hall–Kier alpha value is -1.59. The highest BCUT2D eigenvalue weighted by Crippen LogP contribution is 2.14. The maximum atomic E-state index is 11.7. The SMILES string of the molecule is CCN[C@H](C)CNC(=O)CCCOc1cccc(C(C)=O)c1.Cl. The lowest BCUT2D eigenvalue weighted by molar-refractivity contribution is -0.121. The summed E-state index contributed by atoms with van der Waals surface area (Å²) >= 11 is 0. The molecule has 0 unspecified atom stereocenters. The highest BCUT2D eigenvalue weighted by molar-refractivity contribution is 5.94. The Labute approximate surface area is 144 Å². The van der Waals surface area contributed by atoms with Crippen LogP contribution in [0, 0.1) is 0 Å². The molecule has 23 heavy (non-hydrogen) atoms. The maximum absolute atomic E-state index is 11.7. The number of ketones is 1. The predicted molar refractivity (Wildman–Crippen MR) is 94.6 cm³/mol. The summed E-state index contributed by atoms with van der Waals surface area (Å²) in [5.74, 6) is 0.708. The van der Waals surface area contributed by atoms with Crippen molar-refractivity contribution >= 4 is 24.1 Å². The van der Waals surface area contributed by atoms with E-state index in [2.05, 4.69) is 10.6 Å². The van der Waals surface area contributed by atoms with Gasteiger partial charge in [-0.1, -0.05) is 19.1 Å². The first-order valence-corrected chi connectivity index (χ1v) is 7.76. The van der Waals surface area contributed by atoms with E-state index < -0.39 is 0 Å². The van der Waals surface area contributed by atoms with Crippen LogP contribution in [-0.2, 0) is 4.79 Å². The summed E-state index contributed by atoms with van der Waals surface area (Å²) in [7, 11) is 0. The van der Waals surface area contributed by atoms with Crippen molar-refractivity contribution in [2.45, 2.75) is 39.7 Å². The van der Waals surface area contributed by atoms with Crippen LogP contribution in [0.2, 0.25) is 0 Å². The molecule has 0 saturated carbocycles. The van der Waals surface area contributed by atoms with Crippen LogP contribution in [0.3, 0.4) is 0 Å². The van der Waals surface area contributed by atoms with Crippen LogP contribution < -0.4 is 15.4 Å². The van der Waals surface area contributed by atoms with E-state index in [1.807, 2.05) is 19.9 Å². The highest BCUT2D eigenvalue weighted by Gasteiger charge is 2.05. The van der Waals surface area contributed by atoms with Gasteiger partial charge in [-0.15, -0.1) is 12.4 Å². The second kappa shape index (κ2) is 11.9. The molecule has 2 N–H and O–H groups in total. The van der Waals surface area contributed by atoms with Gasteiger partial charge in [-0.2, -0.15) is 0 Å². The number of ether oxygens (including phenoxy) is 1. The molecule has 0 radical (unpaired) electrons. The molecular weight excluding hydrogens is 316 g/mol. The second-order valence-electron chi connectivity index (χ2n) is 5.30. The van der Waals surface area contributed by atoms with Crippen molar-refractivity contribution in [1.82, 2.24) is 10.6 Å². The van der Waals surface area contributed by atoms with Crippen LogP contribution in [0.15, 0.2) is 24.3 Å². The van der Waals surface area contributed by atoms with Crippen molar-refractivity contribution in [3.63, 3.8) is 0 Å². The molecule has 0 aliphatic heterocycles. The van der Waals surface area contributed by atoms with Gasteiger partial charge in [-0.3, -0.25) is 9.59 Å². The summed E-state index contributed by atoms with van der Waals surface area (Å²) in [5, 5.41) is 6.13. The third-order valence-corrected chi connectivity index (χ3v) is 3.22. The van der Waals surface area contributed by atoms with Gasteiger partial charge in [0.15, 0.2) is 5.78 Å². The Kier molecular flexibility index (Phi) is 11.1. The number of amides is 1. The van der Waals surface area contributed by atoms with Gasteiger partial charge < -0.3 is 15.4 Å². The van der Waals surface area contributed by atoms with E-state index in [4.69, 9.17) is 4.74 Å². The van der Waals surface area contributed by atoms with Crippen molar-refractivity contribution in [2.75, 3.05) is 19.7 Å². The molecule has 0 fully saturated rings. The van der Waals surface area contributed by atoms with E-state index in [9.17, 15) is 9.59 Å². The summed E-state index contributed by atoms with van der Waals surface area (Å²) in [5.41, 5.74) is 0.632. The number of carbonyl (C=O) groups is 2. The van der Waals surface area contributed by atoms with Gasteiger partial charge in [-0.25, -0.2) is 0 Å². The third-order valence-electron chi connectivity index (χ3n) is 3.22. The van der Waals surface area contributed by atoms with Crippen LogP contribution in [0.25, 0.3) is 0 Å². The van der Waals surface area contributed by atoms with Gasteiger partial charge in [0.2, 0.25) is 5.91 Å². The summed E-state index contributed by atoms with van der Waals surface area (Å²) in [6, 6.07) is 7.36. The van der Waals surface area contributed by atoms with Crippen molar-refractivity contribution in [1.29, 1.82) is 0 Å². The lowest BCUT2D eigenvalue weighted by Crippen LogP contribution is -2.38. The van der Waals surface area contributed by atoms with E-state index in [0.717, 1.165) is 6.54 Å². The molecule has 1 rings (SSSR count). The van der Waals surface area contributed by atoms with E-state index in [1.54, 1.807) is 18.2 Å². The van der Waals surface area contributed by atoms with E-state index >= 15 is 0 Å². The summed E-state index contributed by atoms with van der Waals surface area (Å²) in [4.78, 5) is 22.9. The standard InChI is InChI=1S/C17H26N2O3.ClH/c1-4-18-13(2)12-19-17(21)9-6-10-22-16-8-5-7-15(11-16)14(3)20;/h5,7-8,11,13,18H,4,6,9-10,12H2,1-3H3,(H,19,21);1H/t13-;/m1./s1. The minimum Gasteiger partial charge on any atom is -0.494 e. The minimum absolute atomic E-state index is 0. The zero-order valence-corrected chi connectivity index (χ0v) is 14.9. The zero-order chi connectivity index (χ0) is 16.4. The molecule has 0 bridgehead atoms. The van der Waals surface area contributed by atoms with Gasteiger partial charge in [0.05, 0.1) is 6.61 Å². The predicted octanol–water partition coefficient (Wildman–Crippen LogP) is 2.58. The topological polar surface area (TPSA) is 67.4 Å².